The van der Waals surface area contributed by atoms with Crippen molar-refractivity contribution in [3.05, 3.63) is 52.5 Å². The van der Waals surface area contributed by atoms with Crippen LogP contribution in [0, 0.1) is 5.82 Å². The lowest BCUT2D eigenvalue weighted by molar-refractivity contribution is -0.133. The second-order valence-corrected chi connectivity index (χ2v) is 7.41. The lowest BCUT2D eigenvalue weighted by Gasteiger charge is -2.37. The van der Waals surface area contributed by atoms with Crippen molar-refractivity contribution >= 4 is 22.9 Å². The molecule has 2 unspecified atom stereocenters. The lowest BCUT2D eigenvalue weighted by atomic mass is 10.1. The fourth-order valence-electron chi connectivity index (χ4n) is 3.45. The van der Waals surface area contributed by atoms with E-state index in [1.54, 1.807) is 23.5 Å². The number of hydrazine groups is 1. The summed E-state index contributed by atoms with van der Waals surface area (Å²) in [6.45, 7) is 2.92. The molecule has 2 saturated heterocycles. The minimum Gasteiger partial charge on any atom is -0.368 e. The monoisotopic (exact) mass is 360 g/mol. The number of halogens is 1. The Kier molecular flexibility index (Phi) is 4.70. The number of amides is 1. The molecule has 7 heteroatoms. The zero-order chi connectivity index (χ0) is 17.2. The second kappa shape index (κ2) is 7.11. The van der Waals surface area contributed by atoms with Gasteiger partial charge in [0.1, 0.15) is 11.9 Å². The summed E-state index contributed by atoms with van der Waals surface area (Å²) in [6.07, 6.45) is 0.775. The van der Waals surface area contributed by atoms with Crippen molar-refractivity contribution in [2.24, 2.45) is 0 Å². The van der Waals surface area contributed by atoms with Gasteiger partial charge in [-0.05, 0) is 42.1 Å². The molecule has 2 fully saturated rings. The van der Waals surface area contributed by atoms with Gasteiger partial charge in [-0.2, -0.15) is 0 Å². The molecule has 4 rings (SSSR count). The van der Waals surface area contributed by atoms with E-state index in [1.807, 2.05) is 11.0 Å². The quantitative estimate of drug-likeness (QED) is 0.881. The molecule has 2 N–H and O–H groups in total. The molecule has 1 amide bonds. The molecule has 1 aromatic heterocycles. The van der Waals surface area contributed by atoms with E-state index in [4.69, 9.17) is 0 Å². The van der Waals surface area contributed by atoms with Crippen LogP contribution in [0.4, 0.5) is 10.1 Å². The number of carbonyl (C=O) groups is 1. The third-order valence-corrected chi connectivity index (χ3v) is 5.86. The Morgan fingerprint density at radius 3 is 2.52 bits per heavy atom. The maximum absolute atomic E-state index is 13.0. The van der Waals surface area contributed by atoms with Crippen LogP contribution in [-0.2, 0) is 4.79 Å². The molecule has 2 aromatic rings. The summed E-state index contributed by atoms with van der Waals surface area (Å²) in [5.41, 5.74) is 7.39. The molecule has 0 radical (unpaired) electrons. The van der Waals surface area contributed by atoms with E-state index in [9.17, 15) is 9.18 Å². The van der Waals surface area contributed by atoms with Crippen molar-refractivity contribution in [3.8, 4) is 0 Å². The number of nitrogens with zero attached hydrogens (tertiary/aromatic N) is 2. The van der Waals surface area contributed by atoms with Gasteiger partial charge in [-0.25, -0.2) is 15.2 Å². The molecule has 3 heterocycles. The SMILES string of the molecule is O=C(C1CC(c2cccs2)NN1)N1CCN(c2ccc(F)cc2)CC1. The molecule has 0 bridgehead atoms. The van der Waals surface area contributed by atoms with Gasteiger partial charge >= 0.3 is 0 Å². The maximum atomic E-state index is 13.0. The van der Waals surface area contributed by atoms with Crippen LogP contribution < -0.4 is 15.8 Å². The minimum atomic E-state index is -0.224. The highest BCUT2D eigenvalue weighted by molar-refractivity contribution is 7.10. The zero-order valence-corrected chi connectivity index (χ0v) is 14.6. The Hall–Kier alpha value is -1.96. The summed E-state index contributed by atoms with van der Waals surface area (Å²) < 4.78 is 13.0. The first-order valence-electron chi connectivity index (χ1n) is 8.54. The van der Waals surface area contributed by atoms with E-state index >= 15 is 0 Å². The van der Waals surface area contributed by atoms with Gasteiger partial charge in [0, 0.05) is 36.7 Å². The third-order valence-electron chi connectivity index (χ3n) is 4.87. The maximum Gasteiger partial charge on any atom is 0.241 e. The van der Waals surface area contributed by atoms with E-state index in [-0.39, 0.29) is 23.8 Å². The van der Waals surface area contributed by atoms with Crippen LogP contribution in [0.1, 0.15) is 17.3 Å². The average molecular weight is 360 g/mol. The fourth-order valence-corrected chi connectivity index (χ4v) is 4.24. The summed E-state index contributed by atoms with van der Waals surface area (Å²) >= 11 is 1.71. The molecular weight excluding hydrogens is 339 g/mol. The van der Waals surface area contributed by atoms with Gasteiger partial charge in [0.25, 0.3) is 0 Å². The van der Waals surface area contributed by atoms with E-state index < -0.39 is 0 Å². The van der Waals surface area contributed by atoms with Gasteiger partial charge in [-0.15, -0.1) is 11.3 Å². The molecule has 2 aliphatic heterocycles. The topological polar surface area (TPSA) is 47.6 Å². The first-order chi connectivity index (χ1) is 12.2. The van der Waals surface area contributed by atoms with Gasteiger partial charge in [-0.1, -0.05) is 6.07 Å². The van der Waals surface area contributed by atoms with Crippen molar-refractivity contribution in [2.75, 3.05) is 31.1 Å². The molecule has 132 valence electrons. The van der Waals surface area contributed by atoms with E-state index in [0.717, 1.165) is 25.2 Å². The Morgan fingerprint density at radius 2 is 1.84 bits per heavy atom. The van der Waals surface area contributed by atoms with Crippen LogP contribution in [0.25, 0.3) is 0 Å². The lowest BCUT2D eigenvalue weighted by Crippen LogP contribution is -2.53. The van der Waals surface area contributed by atoms with Crippen molar-refractivity contribution < 1.29 is 9.18 Å². The van der Waals surface area contributed by atoms with Crippen LogP contribution in [0.2, 0.25) is 0 Å². The van der Waals surface area contributed by atoms with Crippen LogP contribution in [0.3, 0.4) is 0 Å². The van der Waals surface area contributed by atoms with Gasteiger partial charge in [0.05, 0.1) is 6.04 Å². The van der Waals surface area contributed by atoms with Crippen LogP contribution in [-0.4, -0.2) is 43.0 Å². The highest BCUT2D eigenvalue weighted by atomic mass is 32.1. The number of hydrogen-bond donors (Lipinski definition) is 2. The number of nitrogens with one attached hydrogen (secondary N) is 2. The van der Waals surface area contributed by atoms with Gasteiger partial charge in [0.15, 0.2) is 0 Å². The van der Waals surface area contributed by atoms with E-state index in [1.165, 1.54) is 17.0 Å². The number of piperazine rings is 1. The summed E-state index contributed by atoms with van der Waals surface area (Å²) in [5.74, 6) is -0.0667. The number of benzene rings is 1. The number of rotatable bonds is 3. The second-order valence-electron chi connectivity index (χ2n) is 6.43. The molecule has 5 nitrogen and oxygen atoms in total. The van der Waals surface area contributed by atoms with Gasteiger partial charge in [0.2, 0.25) is 5.91 Å². The predicted octanol–water partition coefficient (Wildman–Crippen LogP) is 2.14. The smallest absolute Gasteiger partial charge is 0.241 e. The summed E-state index contributed by atoms with van der Waals surface area (Å²) in [7, 11) is 0. The fraction of sp³-hybridized carbons (Fsp3) is 0.389. The van der Waals surface area contributed by atoms with Gasteiger partial charge < -0.3 is 9.80 Å². The first-order valence-corrected chi connectivity index (χ1v) is 9.42. The summed E-state index contributed by atoms with van der Waals surface area (Å²) in [4.78, 5) is 18.1. The minimum absolute atomic E-state index is 0.158. The van der Waals surface area contributed by atoms with E-state index in [2.05, 4.69) is 27.2 Å². The van der Waals surface area contributed by atoms with Crippen LogP contribution in [0.15, 0.2) is 41.8 Å². The number of thiophene rings is 1. The van der Waals surface area contributed by atoms with Crippen LogP contribution in [0.5, 0.6) is 0 Å². The standard InChI is InChI=1S/C18H21FN4OS/c19-13-3-5-14(6-4-13)22-7-9-23(10-8-22)18(24)16-12-15(20-21-16)17-2-1-11-25-17/h1-6,11,15-16,20-21H,7-10,12H2. The Balaban J connectivity index is 1.32. The Bertz CT molecular complexity index is 713. The third kappa shape index (κ3) is 3.53. The largest absolute Gasteiger partial charge is 0.368 e. The van der Waals surface area contributed by atoms with Crippen molar-refractivity contribution in [2.45, 2.75) is 18.5 Å². The van der Waals surface area contributed by atoms with Crippen LogP contribution >= 0.6 is 11.3 Å². The summed E-state index contributed by atoms with van der Waals surface area (Å²) in [5, 5.41) is 2.06. The molecular formula is C18H21FN4OS. The van der Waals surface area contributed by atoms with Crippen molar-refractivity contribution in [1.82, 2.24) is 15.8 Å². The average Bonchev–Trinajstić information content (AvgIpc) is 3.33. The number of anilines is 1. The summed E-state index contributed by atoms with van der Waals surface area (Å²) in [6, 6.07) is 10.7. The molecule has 2 aliphatic rings. The zero-order valence-electron chi connectivity index (χ0n) is 13.8. The van der Waals surface area contributed by atoms with Crippen molar-refractivity contribution in [1.29, 1.82) is 0 Å². The molecule has 0 spiro atoms. The molecule has 2 atom stereocenters. The van der Waals surface area contributed by atoms with Crippen molar-refractivity contribution in [3.63, 3.8) is 0 Å². The normalized spacial score (nSPS) is 23.9. The predicted molar refractivity (Wildman–Crippen MR) is 96.9 cm³/mol. The number of carbonyl (C=O) groups excluding carboxylic acids is 1. The highest BCUT2D eigenvalue weighted by Crippen LogP contribution is 2.27. The molecule has 25 heavy (non-hydrogen) atoms. The Labute approximate surface area is 150 Å². The van der Waals surface area contributed by atoms with E-state index in [0.29, 0.717) is 13.1 Å². The Morgan fingerprint density at radius 1 is 1.08 bits per heavy atom. The molecule has 1 aromatic carbocycles. The highest BCUT2D eigenvalue weighted by Gasteiger charge is 2.34. The first kappa shape index (κ1) is 16.5. The molecule has 0 aliphatic carbocycles. The van der Waals surface area contributed by atoms with Gasteiger partial charge in [-0.3, -0.25) is 4.79 Å². The number of hydrogen-bond acceptors (Lipinski definition) is 5. The molecule has 0 saturated carbocycles.